The molecule has 2 unspecified atom stereocenters. The molecule has 1 saturated heterocycles. The van der Waals surface area contributed by atoms with E-state index in [4.69, 9.17) is 0 Å². The van der Waals surface area contributed by atoms with Crippen LogP contribution in [0.3, 0.4) is 0 Å². The Bertz CT molecular complexity index is 820. The van der Waals surface area contributed by atoms with Gasteiger partial charge in [0.2, 0.25) is 21.8 Å². The van der Waals surface area contributed by atoms with Crippen LogP contribution in [-0.4, -0.2) is 68.6 Å². The van der Waals surface area contributed by atoms with Crippen LogP contribution in [0.1, 0.15) is 32.8 Å². The summed E-state index contributed by atoms with van der Waals surface area (Å²) in [5.74, 6) is -1.65. The summed E-state index contributed by atoms with van der Waals surface area (Å²) in [6, 6.07) is 7.30. The number of nitrogens with zero attached hydrogens (tertiary/aromatic N) is 2. The van der Waals surface area contributed by atoms with Gasteiger partial charge in [0.15, 0.2) is 0 Å². The molecule has 1 aliphatic heterocycles. The number of piperazine rings is 1. The van der Waals surface area contributed by atoms with Crippen molar-refractivity contribution in [1.29, 1.82) is 0 Å². The lowest BCUT2D eigenvalue weighted by Gasteiger charge is -2.35. The van der Waals surface area contributed by atoms with Crippen LogP contribution >= 0.6 is 0 Å². The second kappa shape index (κ2) is 10.1. The molecule has 2 N–H and O–H groups in total. The number of carbonyl (C=O) groups excluding carboxylic acids is 2. The number of benzene rings is 1. The predicted octanol–water partition coefficient (Wildman–Crippen LogP) is 0.866. The van der Waals surface area contributed by atoms with Gasteiger partial charge in [-0.05, 0) is 44.9 Å². The molecule has 0 aliphatic carbocycles. The molecule has 29 heavy (non-hydrogen) atoms. The first kappa shape index (κ1) is 23.2. The minimum absolute atomic E-state index is 0.00437. The first-order valence-corrected chi connectivity index (χ1v) is 11.6. The summed E-state index contributed by atoms with van der Waals surface area (Å²) in [6.07, 6.45) is 0.773. The van der Waals surface area contributed by atoms with Crippen LogP contribution in [0.15, 0.2) is 24.3 Å². The van der Waals surface area contributed by atoms with Crippen LogP contribution in [0.2, 0.25) is 0 Å². The second-order valence-corrected chi connectivity index (χ2v) is 9.56. The molecular weight excluding hydrogens is 392 g/mol. The number of hydrogen-bond acceptors (Lipinski definition) is 5. The molecule has 9 heteroatoms. The number of nitrogens with one attached hydrogen (secondary N) is 2. The van der Waals surface area contributed by atoms with E-state index >= 15 is 0 Å². The topological polar surface area (TPSA) is 98.8 Å². The first-order valence-electron chi connectivity index (χ1n) is 10.0. The SMILES string of the molecule is CCC(C)NC(=O)C(C)NC(=O)CS(=O)(=O)N1CCN(c2cccc(C)c2)CC1. The summed E-state index contributed by atoms with van der Waals surface area (Å²) >= 11 is 0. The Morgan fingerprint density at radius 2 is 1.76 bits per heavy atom. The highest BCUT2D eigenvalue weighted by Gasteiger charge is 2.30. The van der Waals surface area contributed by atoms with Gasteiger partial charge in [0.1, 0.15) is 11.8 Å². The van der Waals surface area contributed by atoms with E-state index in [1.165, 1.54) is 4.31 Å². The molecule has 0 bridgehead atoms. The Hall–Kier alpha value is -2.13. The molecule has 1 fully saturated rings. The number of anilines is 1. The lowest BCUT2D eigenvalue weighted by atomic mass is 10.2. The van der Waals surface area contributed by atoms with E-state index in [1.807, 2.05) is 39.0 Å². The zero-order valence-electron chi connectivity index (χ0n) is 17.6. The van der Waals surface area contributed by atoms with E-state index in [0.717, 1.165) is 17.7 Å². The molecule has 1 aromatic carbocycles. The normalized spacial score (nSPS) is 17.4. The number of carbonyl (C=O) groups is 2. The lowest BCUT2D eigenvalue weighted by Crippen LogP contribution is -2.52. The average molecular weight is 425 g/mol. The van der Waals surface area contributed by atoms with Crippen LogP contribution in [0, 0.1) is 6.92 Å². The highest BCUT2D eigenvalue weighted by Crippen LogP contribution is 2.19. The fourth-order valence-corrected chi connectivity index (χ4v) is 4.44. The van der Waals surface area contributed by atoms with Gasteiger partial charge in [-0.15, -0.1) is 0 Å². The van der Waals surface area contributed by atoms with Crippen LogP contribution in [0.25, 0.3) is 0 Å². The zero-order valence-corrected chi connectivity index (χ0v) is 18.5. The molecule has 0 spiro atoms. The Balaban J connectivity index is 1.86. The van der Waals surface area contributed by atoms with Crippen LogP contribution in [0.4, 0.5) is 5.69 Å². The second-order valence-electron chi connectivity index (χ2n) is 7.59. The maximum Gasteiger partial charge on any atom is 0.242 e. The Kier molecular flexibility index (Phi) is 8.04. The van der Waals surface area contributed by atoms with Crippen molar-refractivity contribution in [2.75, 3.05) is 36.8 Å². The molecule has 0 saturated carbocycles. The molecule has 1 heterocycles. The molecule has 2 rings (SSSR count). The van der Waals surface area contributed by atoms with E-state index in [2.05, 4.69) is 21.6 Å². The van der Waals surface area contributed by atoms with Crippen molar-refractivity contribution in [2.24, 2.45) is 0 Å². The summed E-state index contributed by atoms with van der Waals surface area (Å²) in [7, 11) is -3.73. The maximum atomic E-state index is 12.6. The number of rotatable bonds is 8. The molecule has 2 amide bonds. The van der Waals surface area contributed by atoms with Crippen molar-refractivity contribution in [1.82, 2.24) is 14.9 Å². The fourth-order valence-electron chi connectivity index (χ4n) is 3.12. The summed E-state index contributed by atoms with van der Waals surface area (Å²) in [4.78, 5) is 26.3. The number of sulfonamides is 1. The molecule has 1 aliphatic rings. The molecule has 0 aromatic heterocycles. The predicted molar refractivity (Wildman–Crippen MR) is 114 cm³/mol. The fraction of sp³-hybridized carbons (Fsp3) is 0.600. The van der Waals surface area contributed by atoms with E-state index < -0.39 is 27.7 Å². The van der Waals surface area contributed by atoms with Crippen LogP contribution in [0.5, 0.6) is 0 Å². The Morgan fingerprint density at radius 1 is 1.10 bits per heavy atom. The van der Waals surface area contributed by atoms with Crippen molar-refractivity contribution >= 4 is 27.5 Å². The standard InChI is InChI=1S/C20H32N4O4S/c1-5-16(3)21-20(26)17(4)22-19(25)14-29(27,28)24-11-9-23(10-12-24)18-8-6-7-15(2)13-18/h6-8,13,16-17H,5,9-12,14H2,1-4H3,(H,21,26)(H,22,25). The highest BCUT2D eigenvalue weighted by molar-refractivity contribution is 7.89. The van der Waals surface area contributed by atoms with Crippen molar-refractivity contribution in [3.05, 3.63) is 29.8 Å². The van der Waals surface area contributed by atoms with Crippen LogP contribution < -0.4 is 15.5 Å². The summed E-state index contributed by atoms with van der Waals surface area (Å²) in [5, 5.41) is 5.24. The number of hydrogen-bond donors (Lipinski definition) is 2. The van der Waals surface area contributed by atoms with Crippen molar-refractivity contribution < 1.29 is 18.0 Å². The van der Waals surface area contributed by atoms with Gasteiger partial charge in [-0.1, -0.05) is 19.1 Å². The third-order valence-corrected chi connectivity index (χ3v) is 6.86. The van der Waals surface area contributed by atoms with E-state index in [0.29, 0.717) is 26.2 Å². The van der Waals surface area contributed by atoms with Gasteiger partial charge >= 0.3 is 0 Å². The van der Waals surface area contributed by atoms with Crippen molar-refractivity contribution in [2.45, 2.75) is 46.2 Å². The summed E-state index contributed by atoms with van der Waals surface area (Å²) < 4.78 is 26.6. The van der Waals surface area contributed by atoms with Gasteiger partial charge < -0.3 is 15.5 Å². The minimum atomic E-state index is -3.73. The van der Waals surface area contributed by atoms with Crippen molar-refractivity contribution in [3.63, 3.8) is 0 Å². The summed E-state index contributed by atoms with van der Waals surface area (Å²) in [6.45, 7) is 9.17. The zero-order chi connectivity index (χ0) is 21.6. The monoisotopic (exact) mass is 424 g/mol. The largest absolute Gasteiger partial charge is 0.369 e. The Morgan fingerprint density at radius 3 is 2.34 bits per heavy atom. The third kappa shape index (κ3) is 6.71. The highest BCUT2D eigenvalue weighted by atomic mass is 32.2. The Labute approximate surface area is 173 Å². The number of aryl methyl sites for hydroxylation is 1. The van der Waals surface area contributed by atoms with E-state index in [-0.39, 0.29) is 11.9 Å². The molecule has 2 atom stereocenters. The van der Waals surface area contributed by atoms with Gasteiger partial charge in [-0.2, -0.15) is 4.31 Å². The molecule has 0 radical (unpaired) electrons. The molecular formula is C20H32N4O4S. The minimum Gasteiger partial charge on any atom is -0.369 e. The van der Waals surface area contributed by atoms with Crippen molar-refractivity contribution in [3.8, 4) is 0 Å². The van der Waals surface area contributed by atoms with Gasteiger partial charge in [0.05, 0.1) is 0 Å². The molecule has 162 valence electrons. The van der Waals surface area contributed by atoms with Gasteiger partial charge in [-0.25, -0.2) is 8.42 Å². The quantitative estimate of drug-likeness (QED) is 0.645. The maximum absolute atomic E-state index is 12.6. The van der Waals surface area contributed by atoms with Gasteiger partial charge in [-0.3, -0.25) is 9.59 Å². The van der Waals surface area contributed by atoms with Gasteiger partial charge in [0.25, 0.3) is 0 Å². The van der Waals surface area contributed by atoms with Crippen LogP contribution in [-0.2, 0) is 19.6 Å². The third-order valence-electron chi connectivity index (χ3n) is 5.08. The summed E-state index contributed by atoms with van der Waals surface area (Å²) in [5.41, 5.74) is 2.22. The molecule has 1 aromatic rings. The number of amides is 2. The average Bonchev–Trinajstić information content (AvgIpc) is 2.67. The molecule has 8 nitrogen and oxygen atoms in total. The first-order chi connectivity index (χ1) is 13.6. The smallest absolute Gasteiger partial charge is 0.242 e. The van der Waals surface area contributed by atoms with E-state index in [9.17, 15) is 18.0 Å². The van der Waals surface area contributed by atoms with E-state index in [1.54, 1.807) is 6.92 Å². The lowest BCUT2D eigenvalue weighted by molar-refractivity contribution is -0.127. The van der Waals surface area contributed by atoms with Gasteiger partial charge in [0, 0.05) is 37.9 Å².